The van der Waals surface area contributed by atoms with E-state index in [-0.39, 0.29) is 5.25 Å². The number of hydrogen-bond acceptors (Lipinski definition) is 2. The Morgan fingerprint density at radius 2 is 2.12 bits per heavy atom. The van der Waals surface area contributed by atoms with Crippen molar-refractivity contribution in [1.82, 2.24) is 0 Å². The molecule has 1 unspecified atom stereocenters. The summed E-state index contributed by atoms with van der Waals surface area (Å²) in [6, 6.07) is 9.77. The molecule has 0 fully saturated rings. The van der Waals surface area contributed by atoms with Crippen LogP contribution in [-0.2, 0) is 11.2 Å². The van der Waals surface area contributed by atoms with Gasteiger partial charge in [0.25, 0.3) is 0 Å². The normalized spacial score (nSPS) is 12.0. The first-order chi connectivity index (χ1) is 8.24. The summed E-state index contributed by atoms with van der Waals surface area (Å²) < 4.78 is 0. The number of benzene rings is 1. The zero-order valence-electron chi connectivity index (χ0n) is 9.84. The Labute approximate surface area is 107 Å². The number of allylic oxidation sites excluding steroid dienone is 1. The Balaban J connectivity index is 2.43. The lowest BCUT2D eigenvalue weighted by Crippen LogP contribution is -2.19. The Bertz CT molecular complexity index is 348. The third-order valence-electron chi connectivity index (χ3n) is 2.41. The molecule has 2 nitrogen and oxygen atoms in total. The summed E-state index contributed by atoms with van der Waals surface area (Å²) in [5, 5.41) is 8.80. The summed E-state index contributed by atoms with van der Waals surface area (Å²) in [5.41, 5.74) is 1.08. The molecule has 92 valence electrons. The van der Waals surface area contributed by atoms with Gasteiger partial charge in [-0.3, -0.25) is 4.79 Å². The summed E-state index contributed by atoms with van der Waals surface area (Å²) in [6.45, 7) is 3.65. The van der Waals surface area contributed by atoms with Gasteiger partial charge in [0.05, 0.1) is 0 Å². The van der Waals surface area contributed by atoms with Gasteiger partial charge >= 0.3 is 5.97 Å². The lowest BCUT2D eigenvalue weighted by atomic mass is 10.1. The molecule has 0 aromatic heterocycles. The molecule has 1 rings (SSSR count). The van der Waals surface area contributed by atoms with E-state index in [1.165, 1.54) is 11.8 Å². The molecule has 0 heterocycles. The highest BCUT2D eigenvalue weighted by atomic mass is 32.2. The van der Waals surface area contributed by atoms with Gasteiger partial charge in [-0.25, -0.2) is 0 Å². The van der Waals surface area contributed by atoms with Gasteiger partial charge in [0, 0.05) is 0 Å². The number of carbonyl (C=O) groups is 1. The largest absolute Gasteiger partial charge is 0.480 e. The molecule has 3 heteroatoms. The van der Waals surface area contributed by atoms with Gasteiger partial charge in [-0.1, -0.05) is 36.4 Å². The summed E-state index contributed by atoms with van der Waals surface area (Å²) in [5.74, 6) is 0.146. The number of carboxylic acid groups (broad SMARTS) is 1. The van der Waals surface area contributed by atoms with Crippen molar-refractivity contribution in [1.29, 1.82) is 0 Å². The lowest BCUT2D eigenvalue weighted by Gasteiger charge is -2.11. The SMILES string of the molecule is C=CCCCSC(Cc1ccccc1)C(=O)O. The van der Waals surface area contributed by atoms with Crippen molar-refractivity contribution in [2.24, 2.45) is 0 Å². The topological polar surface area (TPSA) is 37.3 Å². The van der Waals surface area contributed by atoms with Crippen LogP contribution in [0.4, 0.5) is 0 Å². The molecular formula is C14H18O2S. The highest BCUT2D eigenvalue weighted by Gasteiger charge is 2.17. The van der Waals surface area contributed by atoms with Crippen LogP contribution in [0.25, 0.3) is 0 Å². The number of unbranched alkanes of at least 4 members (excludes halogenated alkanes) is 1. The molecule has 17 heavy (non-hydrogen) atoms. The summed E-state index contributed by atoms with van der Waals surface area (Å²) in [4.78, 5) is 11.1. The first kappa shape index (κ1) is 13.8. The maximum absolute atomic E-state index is 11.1. The minimum Gasteiger partial charge on any atom is -0.480 e. The van der Waals surface area contributed by atoms with Crippen molar-refractivity contribution >= 4 is 17.7 Å². The van der Waals surface area contributed by atoms with Crippen LogP contribution >= 0.6 is 11.8 Å². The van der Waals surface area contributed by atoms with E-state index in [9.17, 15) is 4.79 Å². The van der Waals surface area contributed by atoms with Gasteiger partial charge in [-0.15, -0.1) is 18.3 Å². The van der Waals surface area contributed by atoms with Crippen molar-refractivity contribution in [3.05, 3.63) is 48.6 Å². The number of thioether (sulfide) groups is 1. The Kier molecular flexibility index (Phi) is 6.48. The van der Waals surface area contributed by atoms with Crippen molar-refractivity contribution in [3.8, 4) is 0 Å². The van der Waals surface area contributed by atoms with Gasteiger partial charge in [-0.05, 0) is 30.6 Å². The van der Waals surface area contributed by atoms with Crippen LogP contribution in [-0.4, -0.2) is 22.1 Å². The monoisotopic (exact) mass is 250 g/mol. The molecule has 0 saturated heterocycles. The molecule has 1 N–H and O–H groups in total. The minimum absolute atomic E-state index is 0.345. The number of rotatable bonds is 8. The first-order valence-corrected chi connectivity index (χ1v) is 6.78. The fourth-order valence-corrected chi connectivity index (χ4v) is 2.57. The van der Waals surface area contributed by atoms with E-state index in [0.29, 0.717) is 6.42 Å². The molecule has 1 aromatic rings. The Morgan fingerprint density at radius 1 is 1.41 bits per heavy atom. The molecular weight excluding hydrogens is 232 g/mol. The molecule has 1 atom stereocenters. The highest BCUT2D eigenvalue weighted by molar-refractivity contribution is 8.00. The van der Waals surface area contributed by atoms with Gasteiger partial charge in [0.15, 0.2) is 0 Å². The minimum atomic E-state index is -0.725. The molecule has 0 saturated carbocycles. The van der Waals surface area contributed by atoms with E-state index < -0.39 is 5.97 Å². The number of hydrogen-bond donors (Lipinski definition) is 1. The number of carboxylic acids is 1. The van der Waals surface area contributed by atoms with Crippen molar-refractivity contribution in [2.45, 2.75) is 24.5 Å². The predicted octanol–water partition coefficient (Wildman–Crippen LogP) is 3.38. The van der Waals surface area contributed by atoms with E-state index in [1.807, 2.05) is 36.4 Å². The maximum Gasteiger partial charge on any atom is 0.316 e. The molecule has 0 radical (unpaired) electrons. The van der Waals surface area contributed by atoms with Gasteiger partial charge in [0.2, 0.25) is 0 Å². The van der Waals surface area contributed by atoms with Crippen LogP contribution in [0.2, 0.25) is 0 Å². The average Bonchev–Trinajstić information content (AvgIpc) is 2.34. The van der Waals surface area contributed by atoms with Crippen molar-refractivity contribution < 1.29 is 9.90 Å². The average molecular weight is 250 g/mol. The quantitative estimate of drug-likeness (QED) is 0.567. The molecule has 0 aliphatic heterocycles. The third kappa shape index (κ3) is 5.59. The standard InChI is InChI=1S/C14H18O2S/c1-2-3-7-10-17-13(14(15)16)11-12-8-5-4-6-9-12/h2,4-6,8-9,13H,1,3,7,10-11H2,(H,15,16). The molecule has 0 bridgehead atoms. The molecule has 0 amide bonds. The summed E-state index contributed by atoms with van der Waals surface area (Å²) in [7, 11) is 0. The van der Waals surface area contributed by atoms with Gasteiger partial charge in [0.1, 0.15) is 5.25 Å². The Hall–Kier alpha value is -1.22. The van der Waals surface area contributed by atoms with Crippen LogP contribution in [0, 0.1) is 0 Å². The third-order valence-corrected chi connectivity index (χ3v) is 3.71. The second kappa shape index (κ2) is 7.96. The summed E-state index contributed by atoms with van der Waals surface area (Å²) in [6.07, 6.45) is 4.40. The van der Waals surface area contributed by atoms with Crippen molar-refractivity contribution in [3.63, 3.8) is 0 Å². The molecule has 1 aromatic carbocycles. The number of aliphatic carboxylic acids is 1. The lowest BCUT2D eigenvalue weighted by molar-refractivity contribution is -0.136. The smallest absolute Gasteiger partial charge is 0.316 e. The molecule has 0 spiro atoms. The van der Waals surface area contributed by atoms with E-state index in [2.05, 4.69) is 6.58 Å². The molecule has 0 aliphatic rings. The van der Waals surface area contributed by atoms with Crippen LogP contribution < -0.4 is 0 Å². The fourth-order valence-electron chi connectivity index (χ4n) is 1.50. The Morgan fingerprint density at radius 3 is 2.71 bits per heavy atom. The van der Waals surface area contributed by atoms with Crippen LogP contribution in [0.5, 0.6) is 0 Å². The second-order valence-corrected chi connectivity index (χ2v) is 5.13. The van der Waals surface area contributed by atoms with Gasteiger partial charge in [-0.2, -0.15) is 0 Å². The first-order valence-electron chi connectivity index (χ1n) is 5.73. The zero-order chi connectivity index (χ0) is 12.5. The van der Waals surface area contributed by atoms with E-state index >= 15 is 0 Å². The highest BCUT2D eigenvalue weighted by Crippen LogP contribution is 2.18. The molecule has 0 aliphatic carbocycles. The van der Waals surface area contributed by atoms with E-state index in [0.717, 1.165) is 24.2 Å². The van der Waals surface area contributed by atoms with E-state index in [1.54, 1.807) is 0 Å². The van der Waals surface area contributed by atoms with Crippen LogP contribution in [0.3, 0.4) is 0 Å². The van der Waals surface area contributed by atoms with Crippen LogP contribution in [0.15, 0.2) is 43.0 Å². The maximum atomic E-state index is 11.1. The van der Waals surface area contributed by atoms with E-state index in [4.69, 9.17) is 5.11 Å². The fraction of sp³-hybridized carbons (Fsp3) is 0.357. The zero-order valence-corrected chi connectivity index (χ0v) is 10.7. The van der Waals surface area contributed by atoms with Crippen LogP contribution in [0.1, 0.15) is 18.4 Å². The predicted molar refractivity (Wildman–Crippen MR) is 73.5 cm³/mol. The summed E-state index contributed by atoms with van der Waals surface area (Å²) >= 11 is 1.52. The second-order valence-electron chi connectivity index (χ2n) is 3.82. The van der Waals surface area contributed by atoms with Gasteiger partial charge < -0.3 is 5.11 Å². The van der Waals surface area contributed by atoms with Crippen molar-refractivity contribution in [2.75, 3.05) is 5.75 Å².